The zero-order valence-corrected chi connectivity index (χ0v) is 18.2. The predicted molar refractivity (Wildman–Crippen MR) is 112 cm³/mol. The van der Waals surface area contributed by atoms with Crippen LogP contribution < -0.4 is 10.1 Å². The maximum absolute atomic E-state index is 13.3. The van der Waals surface area contributed by atoms with Gasteiger partial charge in [-0.15, -0.1) is 0 Å². The Morgan fingerprint density at radius 1 is 1.17 bits per heavy atom. The lowest BCUT2D eigenvalue weighted by Gasteiger charge is -2.23. The second-order valence-electron chi connectivity index (χ2n) is 6.48. The molecular formula is C20H25ClN2O5S. The van der Waals surface area contributed by atoms with Crippen molar-refractivity contribution in [3.63, 3.8) is 0 Å². The number of methoxy groups -OCH3 is 2. The normalized spacial score (nSPS) is 12.6. The molecule has 9 heteroatoms. The molecule has 7 nitrogen and oxygen atoms in total. The molecule has 0 aliphatic rings. The van der Waals surface area contributed by atoms with Crippen molar-refractivity contribution in [2.75, 3.05) is 27.4 Å². The van der Waals surface area contributed by atoms with Crippen molar-refractivity contribution in [2.45, 2.75) is 24.4 Å². The smallest absolute Gasteiger partial charge is 0.243 e. The average Bonchev–Trinajstić information content (AvgIpc) is 2.68. The third-order valence-corrected chi connectivity index (χ3v) is 6.19. The molecule has 2 rings (SSSR count). The number of nitrogens with one attached hydrogen (secondary N) is 1. The predicted octanol–water partition coefficient (Wildman–Crippen LogP) is 2.69. The van der Waals surface area contributed by atoms with Crippen LogP contribution in [-0.2, 0) is 26.1 Å². The summed E-state index contributed by atoms with van der Waals surface area (Å²) in [4.78, 5) is 12.4. The first-order chi connectivity index (χ1) is 13.8. The van der Waals surface area contributed by atoms with Crippen LogP contribution in [0.4, 0.5) is 0 Å². The van der Waals surface area contributed by atoms with Gasteiger partial charge in [-0.1, -0.05) is 41.9 Å². The van der Waals surface area contributed by atoms with Gasteiger partial charge in [0, 0.05) is 19.7 Å². The lowest BCUT2D eigenvalue weighted by Crippen LogP contribution is -2.44. The molecule has 0 bridgehead atoms. The van der Waals surface area contributed by atoms with Crippen molar-refractivity contribution in [3.05, 3.63) is 59.1 Å². The standard InChI is InChI=1S/C20H25ClN2O5S/c1-15(14-27-2)22-20(24)13-23(12-16-7-5-4-6-8-16)29(25,26)17-9-10-19(28-3)18(21)11-17/h4-11,15H,12-14H2,1-3H3,(H,22,24)/t15-/m1/s1. The molecule has 0 saturated carbocycles. The van der Waals surface area contributed by atoms with E-state index in [-0.39, 0.29) is 29.0 Å². The van der Waals surface area contributed by atoms with Crippen molar-refractivity contribution in [3.8, 4) is 5.75 Å². The summed E-state index contributed by atoms with van der Waals surface area (Å²) in [6.07, 6.45) is 0. The third-order valence-electron chi connectivity index (χ3n) is 4.11. The SMILES string of the molecule is COC[C@@H](C)NC(=O)CN(Cc1ccccc1)S(=O)(=O)c1ccc(OC)c(Cl)c1. The highest BCUT2D eigenvalue weighted by molar-refractivity contribution is 7.89. The van der Waals surface area contributed by atoms with Crippen molar-refractivity contribution in [1.82, 2.24) is 9.62 Å². The molecule has 29 heavy (non-hydrogen) atoms. The molecule has 0 fully saturated rings. The molecule has 1 N–H and O–H groups in total. The second-order valence-corrected chi connectivity index (χ2v) is 8.82. The lowest BCUT2D eigenvalue weighted by atomic mass is 10.2. The average molecular weight is 441 g/mol. The Bertz CT molecular complexity index is 922. The quantitative estimate of drug-likeness (QED) is 0.614. The molecule has 2 aromatic rings. The van der Waals surface area contributed by atoms with E-state index in [9.17, 15) is 13.2 Å². The van der Waals surface area contributed by atoms with Crippen molar-refractivity contribution < 1.29 is 22.7 Å². The number of amides is 1. The number of sulfonamides is 1. The van der Waals surface area contributed by atoms with Gasteiger partial charge in [0.05, 0.1) is 30.2 Å². The van der Waals surface area contributed by atoms with Crippen LogP contribution in [0.5, 0.6) is 5.75 Å². The summed E-state index contributed by atoms with van der Waals surface area (Å²) in [6.45, 7) is 1.81. The highest BCUT2D eigenvalue weighted by Gasteiger charge is 2.28. The van der Waals surface area contributed by atoms with Crippen LogP contribution in [-0.4, -0.2) is 52.0 Å². The largest absolute Gasteiger partial charge is 0.495 e. The van der Waals surface area contributed by atoms with Crippen LogP contribution in [0.25, 0.3) is 0 Å². The van der Waals surface area contributed by atoms with Crippen LogP contribution in [0.2, 0.25) is 5.02 Å². The lowest BCUT2D eigenvalue weighted by molar-refractivity contribution is -0.122. The molecule has 1 atom stereocenters. The van der Waals surface area contributed by atoms with E-state index in [1.54, 1.807) is 19.1 Å². The molecule has 0 saturated heterocycles. The first-order valence-electron chi connectivity index (χ1n) is 8.93. The number of hydrogen-bond donors (Lipinski definition) is 1. The van der Waals surface area contributed by atoms with Crippen LogP contribution in [0.15, 0.2) is 53.4 Å². The van der Waals surface area contributed by atoms with Gasteiger partial charge in [-0.2, -0.15) is 4.31 Å². The van der Waals surface area contributed by atoms with E-state index < -0.39 is 15.9 Å². The number of hydrogen-bond acceptors (Lipinski definition) is 5. The first kappa shape index (κ1) is 23.2. The van der Waals surface area contributed by atoms with E-state index in [1.807, 2.05) is 18.2 Å². The van der Waals surface area contributed by atoms with E-state index in [1.165, 1.54) is 32.4 Å². The molecule has 0 heterocycles. The summed E-state index contributed by atoms with van der Waals surface area (Å²) in [7, 11) is -1.01. The zero-order valence-electron chi connectivity index (χ0n) is 16.6. The Kier molecular flexibility index (Phi) is 8.45. The van der Waals surface area contributed by atoms with Crippen molar-refractivity contribution in [1.29, 1.82) is 0 Å². The van der Waals surface area contributed by atoms with Gasteiger partial charge in [-0.05, 0) is 30.7 Å². The molecule has 2 aromatic carbocycles. The van der Waals surface area contributed by atoms with Gasteiger partial charge in [-0.3, -0.25) is 4.79 Å². The minimum atomic E-state index is -3.99. The van der Waals surface area contributed by atoms with Crippen molar-refractivity contribution >= 4 is 27.5 Å². The fourth-order valence-electron chi connectivity index (χ4n) is 2.74. The maximum Gasteiger partial charge on any atom is 0.243 e. The van der Waals surface area contributed by atoms with E-state index in [4.69, 9.17) is 21.1 Å². The zero-order chi connectivity index (χ0) is 21.4. The number of rotatable bonds is 10. The maximum atomic E-state index is 13.3. The van der Waals surface area contributed by atoms with Gasteiger partial charge in [0.25, 0.3) is 0 Å². The Labute approximate surface area is 176 Å². The summed E-state index contributed by atoms with van der Waals surface area (Å²) in [5.74, 6) is -0.0555. The monoisotopic (exact) mass is 440 g/mol. The third kappa shape index (κ3) is 6.43. The molecule has 0 radical (unpaired) electrons. The summed E-state index contributed by atoms with van der Waals surface area (Å²) < 4.78 is 37.7. The number of halogens is 1. The highest BCUT2D eigenvalue weighted by Crippen LogP contribution is 2.28. The summed E-state index contributed by atoms with van der Waals surface area (Å²) in [5.41, 5.74) is 0.758. The van der Waals surface area contributed by atoms with Crippen LogP contribution >= 0.6 is 11.6 Å². The minimum Gasteiger partial charge on any atom is -0.495 e. The van der Waals surface area contributed by atoms with Gasteiger partial charge in [0.2, 0.25) is 15.9 Å². The molecular weight excluding hydrogens is 416 g/mol. The van der Waals surface area contributed by atoms with Gasteiger partial charge in [0.15, 0.2) is 0 Å². The van der Waals surface area contributed by atoms with E-state index >= 15 is 0 Å². The Morgan fingerprint density at radius 2 is 1.86 bits per heavy atom. The number of nitrogens with zero attached hydrogens (tertiary/aromatic N) is 1. The number of carbonyl (C=O) groups is 1. The summed E-state index contributed by atoms with van der Waals surface area (Å²) >= 11 is 6.11. The van der Waals surface area contributed by atoms with Gasteiger partial charge >= 0.3 is 0 Å². The molecule has 0 aliphatic heterocycles. The topological polar surface area (TPSA) is 84.9 Å². The molecule has 0 unspecified atom stereocenters. The van der Waals surface area contributed by atoms with Crippen LogP contribution in [0.3, 0.4) is 0 Å². The summed E-state index contributed by atoms with van der Waals surface area (Å²) in [6, 6.07) is 13.0. The molecule has 1 amide bonds. The Morgan fingerprint density at radius 3 is 2.45 bits per heavy atom. The molecule has 158 valence electrons. The Balaban J connectivity index is 2.32. The summed E-state index contributed by atoms with van der Waals surface area (Å²) in [5, 5.41) is 2.91. The molecule has 0 spiro atoms. The highest BCUT2D eigenvalue weighted by atomic mass is 35.5. The van der Waals surface area contributed by atoms with E-state index in [2.05, 4.69) is 5.32 Å². The van der Waals surface area contributed by atoms with Crippen molar-refractivity contribution in [2.24, 2.45) is 0 Å². The fraction of sp³-hybridized carbons (Fsp3) is 0.350. The fourth-order valence-corrected chi connectivity index (χ4v) is 4.48. The first-order valence-corrected chi connectivity index (χ1v) is 10.8. The van der Waals surface area contributed by atoms with Gasteiger partial charge in [0.1, 0.15) is 5.75 Å². The minimum absolute atomic E-state index is 0.0167. The number of ether oxygens (including phenoxy) is 2. The van der Waals surface area contributed by atoms with Gasteiger partial charge in [-0.25, -0.2) is 8.42 Å². The molecule has 0 aromatic heterocycles. The Hall–Kier alpha value is -2.13. The number of carbonyl (C=O) groups excluding carboxylic acids is 1. The number of benzene rings is 2. The van der Waals surface area contributed by atoms with Crippen LogP contribution in [0.1, 0.15) is 12.5 Å². The van der Waals surface area contributed by atoms with E-state index in [0.717, 1.165) is 9.87 Å². The molecule has 0 aliphatic carbocycles. The van der Waals surface area contributed by atoms with Crippen LogP contribution in [0, 0.1) is 0 Å². The van der Waals surface area contributed by atoms with E-state index in [0.29, 0.717) is 12.4 Å². The second kappa shape index (κ2) is 10.6. The van der Waals surface area contributed by atoms with Gasteiger partial charge < -0.3 is 14.8 Å².